The molecule has 0 bridgehead atoms. The molecule has 4 nitrogen and oxygen atoms in total. The summed E-state index contributed by atoms with van der Waals surface area (Å²) in [5.74, 6) is 0.173. The first kappa shape index (κ1) is 15.6. The Morgan fingerprint density at radius 3 is 2.75 bits per heavy atom. The summed E-state index contributed by atoms with van der Waals surface area (Å²) in [6, 6.07) is 3.94. The van der Waals surface area contributed by atoms with Crippen molar-refractivity contribution in [3.05, 3.63) is 28.6 Å². The molecule has 0 spiro atoms. The minimum atomic E-state index is -3.10. The highest BCUT2D eigenvalue weighted by Crippen LogP contribution is 2.28. The SMILES string of the molecule is O=S(=O)(CCCCCO)Cc1csc(-c2cccs2)n1. The summed E-state index contributed by atoms with van der Waals surface area (Å²) in [4.78, 5) is 5.46. The third kappa shape index (κ3) is 4.66. The maximum Gasteiger partial charge on any atom is 0.156 e. The van der Waals surface area contributed by atoms with Crippen LogP contribution in [0.5, 0.6) is 0 Å². The Bertz CT molecular complexity index is 617. The molecule has 110 valence electrons. The molecule has 20 heavy (non-hydrogen) atoms. The van der Waals surface area contributed by atoms with Crippen molar-refractivity contribution in [1.29, 1.82) is 0 Å². The second-order valence-electron chi connectivity index (χ2n) is 4.50. The van der Waals surface area contributed by atoms with Gasteiger partial charge < -0.3 is 5.11 Å². The monoisotopic (exact) mass is 331 g/mol. The number of aliphatic hydroxyl groups excluding tert-OH is 1. The lowest BCUT2D eigenvalue weighted by Crippen LogP contribution is -2.09. The zero-order chi connectivity index (χ0) is 14.4. The Balaban J connectivity index is 1.92. The third-order valence-corrected chi connectivity index (χ3v) is 6.34. The molecule has 0 unspecified atom stereocenters. The van der Waals surface area contributed by atoms with Crippen molar-refractivity contribution in [2.24, 2.45) is 0 Å². The van der Waals surface area contributed by atoms with Gasteiger partial charge in [0.25, 0.3) is 0 Å². The second-order valence-corrected chi connectivity index (χ2v) is 8.49. The van der Waals surface area contributed by atoms with E-state index in [9.17, 15) is 8.42 Å². The number of aliphatic hydroxyl groups is 1. The molecular weight excluding hydrogens is 314 g/mol. The molecule has 0 saturated carbocycles. The molecule has 2 aromatic rings. The van der Waals surface area contributed by atoms with Crippen molar-refractivity contribution in [1.82, 2.24) is 4.98 Å². The molecule has 2 rings (SSSR count). The summed E-state index contributed by atoms with van der Waals surface area (Å²) in [5.41, 5.74) is 0.626. The molecule has 0 radical (unpaired) electrons. The fourth-order valence-electron chi connectivity index (χ4n) is 1.79. The summed E-state index contributed by atoms with van der Waals surface area (Å²) in [7, 11) is -3.10. The summed E-state index contributed by atoms with van der Waals surface area (Å²) < 4.78 is 23.9. The fourth-order valence-corrected chi connectivity index (χ4v) is 4.92. The van der Waals surface area contributed by atoms with E-state index in [1.165, 1.54) is 11.3 Å². The van der Waals surface area contributed by atoms with Crippen molar-refractivity contribution in [2.45, 2.75) is 25.0 Å². The first-order valence-electron chi connectivity index (χ1n) is 6.40. The highest BCUT2D eigenvalue weighted by Gasteiger charge is 2.15. The number of sulfone groups is 1. The molecule has 0 aliphatic rings. The van der Waals surface area contributed by atoms with Gasteiger partial charge in [0.05, 0.1) is 22.1 Å². The van der Waals surface area contributed by atoms with Crippen LogP contribution in [0.4, 0.5) is 0 Å². The molecule has 0 aliphatic heterocycles. The van der Waals surface area contributed by atoms with Crippen LogP contribution in [0.1, 0.15) is 25.0 Å². The van der Waals surface area contributed by atoms with E-state index in [0.29, 0.717) is 18.5 Å². The van der Waals surface area contributed by atoms with Crippen LogP contribution in [0.15, 0.2) is 22.9 Å². The zero-order valence-corrected chi connectivity index (χ0v) is 13.4. The lowest BCUT2D eigenvalue weighted by atomic mass is 10.3. The molecule has 0 saturated heterocycles. The highest BCUT2D eigenvalue weighted by atomic mass is 32.2. The number of thiophene rings is 1. The van der Waals surface area contributed by atoms with Crippen LogP contribution in [0, 0.1) is 0 Å². The molecule has 0 aromatic carbocycles. The van der Waals surface area contributed by atoms with E-state index in [0.717, 1.165) is 16.3 Å². The molecule has 2 aromatic heterocycles. The average molecular weight is 331 g/mol. The smallest absolute Gasteiger partial charge is 0.156 e. The first-order valence-corrected chi connectivity index (χ1v) is 9.98. The van der Waals surface area contributed by atoms with Gasteiger partial charge in [-0.05, 0) is 24.3 Å². The standard InChI is InChI=1S/C13H17NO3S3/c15-6-2-1-3-8-20(16,17)10-11-9-19-13(14-11)12-5-4-7-18-12/h4-5,7,9,15H,1-3,6,8,10H2. The van der Waals surface area contributed by atoms with Gasteiger partial charge in [0.1, 0.15) is 5.01 Å². The summed E-state index contributed by atoms with van der Waals surface area (Å²) in [6.07, 6.45) is 2.01. The number of unbranched alkanes of at least 4 members (excludes halogenated alkanes) is 2. The van der Waals surface area contributed by atoms with Crippen molar-refractivity contribution < 1.29 is 13.5 Å². The first-order chi connectivity index (χ1) is 9.61. The largest absolute Gasteiger partial charge is 0.396 e. The number of hydrogen-bond donors (Lipinski definition) is 1. The molecule has 0 amide bonds. The predicted octanol–water partition coefficient (Wildman–Crippen LogP) is 2.95. The van der Waals surface area contributed by atoms with Gasteiger partial charge in [-0.25, -0.2) is 13.4 Å². The number of aromatic nitrogens is 1. The van der Waals surface area contributed by atoms with E-state index in [-0.39, 0.29) is 18.1 Å². The molecule has 0 atom stereocenters. The van der Waals surface area contributed by atoms with E-state index in [1.807, 2.05) is 22.9 Å². The average Bonchev–Trinajstić information content (AvgIpc) is 3.04. The lowest BCUT2D eigenvalue weighted by molar-refractivity contribution is 0.284. The van der Waals surface area contributed by atoms with Crippen LogP contribution in [-0.2, 0) is 15.6 Å². The maximum atomic E-state index is 12.0. The fraction of sp³-hybridized carbons (Fsp3) is 0.462. The van der Waals surface area contributed by atoms with Crippen molar-refractivity contribution in [3.8, 4) is 9.88 Å². The Hall–Kier alpha value is -0.760. The minimum absolute atomic E-state index is 0.00794. The number of hydrogen-bond acceptors (Lipinski definition) is 6. The van der Waals surface area contributed by atoms with Crippen LogP contribution in [-0.4, -0.2) is 30.9 Å². The van der Waals surface area contributed by atoms with E-state index < -0.39 is 9.84 Å². The Kier molecular flexibility index (Phi) is 5.71. The number of rotatable bonds is 8. The number of nitrogens with zero attached hydrogens (tertiary/aromatic N) is 1. The van der Waals surface area contributed by atoms with E-state index in [1.54, 1.807) is 11.3 Å². The van der Waals surface area contributed by atoms with E-state index in [2.05, 4.69) is 4.98 Å². The van der Waals surface area contributed by atoms with Crippen molar-refractivity contribution in [2.75, 3.05) is 12.4 Å². The van der Waals surface area contributed by atoms with E-state index in [4.69, 9.17) is 5.11 Å². The molecule has 7 heteroatoms. The highest BCUT2D eigenvalue weighted by molar-refractivity contribution is 7.90. The third-order valence-electron chi connectivity index (χ3n) is 2.76. The summed E-state index contributed by atoms with van der Waals surface area (Å²) in [5, 5.41) is 13.3. The van der Waals surface area contributed by atoms with Crippen LogP contribution in [0.25, 0.3) is 9.88 Å². The molecular formula is C13H17NO3S3. The Morgan fingerprint density at radius 1 is 1.20 bits per heavy atom. The van der Waals surface area contributed by atoms with Gasteiger partial charge >= 0.3 is 0 Å². The van der Waals surface area contributed by atoms with Gasteiger partial charge in [-0.3, -0.25) is 0 Å². The normalized spacial score (nSPS) is 11.8. The minimum Gasteiger partial charge on any atom is -0.396 e. The van der Waals surface area contributed by atoms with Crippen molar-refractivity contribution in [3.63, 3.8) is 0 Å². The number of thiazole rings is 1. The predicted molar refractivity (Wildman–Crippen MR) is 83.9 cm³/mol. The molecule has 2 heterocycles. The summed E-state index contributed by atoms with van der Waals surface area (Å²) >= 11 is 3.08. The summed E-state index contributed by atoms with van der Waals surface area (Å²) in [6.45, 7) is 0.121. The van der Waals surface area contributed by atoms with Crippen molar-refractivity contribution >= 4 is 32.5 Å². The van der Waals surface area contributed by atoms with Crippen LogP contribution >= 0.6 is 22.7 Å². The maximum absolute atomic E-state index is 12.0. The van der Waals surface area contributed by atoms with Gasteiger partial charge in [0.15, 0.2) is 9.84 Å². The van der Waals surface area contributed by atoms with Crippen LogP contribution in [0.2, 0.25) is 0 Å². The van der Waals surface area contributed by atoms with Gasteiger partial charge in [0.2, 0.25) is 0 Å². The molecule has 0 fully saturated rings. The lowest BCUT2D eigenvalue weighted by Gasteiger charge is -2.01. The zero-order valence-electron chi connectivity index (χ0n) is 11.0. The molecule has 0 aliphatic carbocycles. The Labute approximate surface area is 127 Å². The second kappa shape index (κ2) is 7.31. The van der Waals surface area contributed by atoms with E-state index >= 15 is 0 Å². The quantitative estimate of drug-likeness (QED) is 0.755. The van der Waals surface area contributed by atoms with Crippen LogP contribution in [0.3, 0.4) is 0 Å². The van der Waals surface area contributed by atoms with Gasteiger partial charge in [-0.2, -0.15) is 0 Å². The molecule has 1 N–H and O–H groups in total. The van der Waals surface area contributed by atoms with Gasteiger partial charge in [0, 0.05) is 12.0 Å². The Morgan fingerprint density at radius 2 is 2.05 bits per heavy atom. The van der Waals surface area contributed by atoms with Crippen LogP contribution < -0.4 is 0 Å². The van der Waals surface area contributed by atoms with Gasteiger partial charge in [-0.1, -0.05) is 12.5 Å². The topological polar surface area (TPSA) is 67.3 Å². The van der Waals surface area contributed by atoms with Gasteiger partial charge in [-0.15, -0.1) is 22.7 Å².